The molecule has 0 radical (unpaired) electrons. The van der Waals surface area contributed by atoms with Gasteiger partial charge >= 0.3 is 0 Å². The first-order valence-electron chi connectivity index (χ1n) is 7.23. The minimum Gasteiger partial charge on any atom is -0.376 e. The largest absolute Gasteiger partial charge is 0.376 e. The van der Waals surface area contributed by atoms with Crippen molar-refractivity contribution >= 4 is 17.4 Å². The Labute approximate surface area is 120 Å². The van der Waals surface area contributed by atoms with E-state index in [0.717, 1.165) is 25.1 Å². The van der Waals surface area contributed by atoms with Crippen LogP contribution in [0.4, 0.5) is 5.69 Å². The summed E-state index contributed by atoms with van der Waals surface area (Å²) in [4.78, 5) is 25.7. The first kappa shape index (κ1) is 14.6. The highest BCUT2D eigenvalue weighted by Gasteiger charge is 2.22. The van der Waals surface area contributed by atoms with Crippen molar-refractivity contribution < 1.29 is 9.59 Å². The molecule has 1 aromatic rings. The van der Waals surface area contributed by atoms with Crippen LogP contribution in [0.15, 0.2) is 24.3 Å². The first-order valence-corrected chi connectivity index (χ1v) is 7.23. The third-order valence-corrected chi connectivity index (χ3v) is 3.86. The molecule has 108 valence electrons. The smallest absolute Gasteiger partial charge is 0.242 e. The number of nitrogens with zero attached hydrogens (tertiary/aromatic N) is 1. The van der Waals surface area contributed by atoms with Crippen LogP contribution in [-0.4, -0.2) is 35.7 Å². The van der Waals surface area contributed by atoms with E-state index in [1.165, 1.54) is 13.3 Å². The van der Waals surface area contributed by atoms with Crippen LogP contribution in [-0.2, 0) is 4.79 Å². The van der Waals surface area contributed by atoms with E-state index in [1.807, 2.05) is 23.1 Å². The molecular formula is C16H22N2O2. The van der Waals surface area contributed by atoms with Crippen molar-refractivity contribution in [3.8, 4) is 0 Å². The number of hydrogen-bond acceptors (Lipinski definition) is 3. The number of carbonyl (C=O) groups is 2. The van der Waals surface area contributed by atoms with Crippen LogP contribution in [0.3, 0.4) is 0 Å². The van der Waals surface area contributed by atoms with E-state index in [4.69, 9.17) is 0 Å². The van der Waals surface area contributed by atoms with E-state index in [9.17, 15) is 9.59 Å². The van der Waals surface area contributed by atoms with Crippen molar-refractivity contribution in [3.05, 3.63) is 29.8 Å². The van der Waals surface area contributed by atoms with Crippen LogP contribution in [0.5, 0.6) is 0 Å². The molecule has 1 amide bonds. The minimum atomic E-state index is 0.00638. The maximum absolute atomic E-state index is 12.2. The molecule has 0 bridgehead atoms. The van der Waals surface area contributed by atoms with E-state index in [1.54, 1.807) is 6.07 Å². The third-order valence-electron chi connectivity index (χ3n) is 3.86. The summed E-state index contributed by atoms with van der Waals surface area (Å²) in [6.07, 6.45) is 3.36. The zero-order chi connectivity index (χ0) is 14.5. The van der Waals surface area contributed by atoms with Crippen molar-refractivity contribution in [1.29, 1.82) is 0 Å². The Morgan fingerprint density at radius 2 is 2.05 bits per heavy atom. The molecular weight excluding hydrogens is 252 g/mol. The van der Waals surface area contributed by atoms with Gasteiger partial charge in [0.05, 0.1) is 6.54 Å². The number of ketones is 1. The van der Waals surface area contributed by atoms with E-state index in [0.29, 0.717) is 11.6 Å². The maximum Gasteiger partial charge on any atom is 0.242 e. The van der Waals surface area contributed by atoms with Gasteiger partial charge in [0.25, 0.3) is 0 Å². The van der Waals surface area contributed by atoms with Crippen LogP contribution in [0.1, 0.15) is 43.5 Å². The van der Waals surface area contributed by atoms with Gasteiger partial charge in [-0.25, -0.2) is 0 Å². The average Bonchev–Trinajstić information content (AvgIpc) is 2.45. The molecule has 1 unspecified atom stereocenters. The molecule has 4 nitrogen and oxygen atoms in total. The summed E-state index contributed by atoms with van der Waals surface area (Å²) in [5.74, 6) is 0.113. The number of rotatable bonds is 4. The zero-order valence-corrected chi connectivity index (χ0v) is 12.2. The molecule has 1 aliphatic rings. The highest BCUT2D eigenvalue weighted by molar-refractivity contribution is 6.00. The number of likely N-dealkylation sites (tertiary alicyclic amines) is 1. The van der Waals surface area contributed by atoms with Crippen molar-refractivity contribution in [2.45, 2.75) is 39.2 Å². The Bertz CT molecular complexity index is 499. The number of carbonyl (C=O) groups excluding carboxylic acids is 2. The molecule has 1 heterocycles. The lowest BCUT2D eigenvalue weighted by Gasteiger charge is -2.33. The molecule has 1 aromatic carbocycles. The fourth-order valence-electron chi connectivity index (χ4n) is 2.69. The van der Waals surface area contributed by atoms with Gasteiger partial charge in [0.1, 0.15) is 0 Å². The van der Waals surface area contributed by atoms with Crippen LogP contribution >= 0.6 is 0 Å². The lowest BCUT2D eigenvalue weighted by Crippen LogP contribution is -2.44. The Kier molecular flexibility index (Phi) is 4.77. The van der Waals surface area contributed by atoms with Gasteiger partial charge < -0.3 is 10.2 Å². The van der Waals surface area contributed by atoms with Gasteiger partial charge in [-0.05, 0) is 45.2 Å². The summed E-state index contributed by atoms with van der Waals surface area (Å²) in [5, 5.41) is 3.10. The molecule has 1 aliphatic heterocycles. The minimum absolute atomic E-state index is 0.00638. The van der Waals surface area contributed by atoms with Crippen molar-refractivity contribution in [1.82, 2.24) is 4.90 Å². The molecule has 1 fully saturated rings. The number of nitrogens with one attached hydrogen (secondary N) is 1. The van der Waals surface area contributed by atoms with Gasteiger partial charge in [-0.2, -0.15) is 0 Å². The molecule has 4 heteroatoms. The number of hydrogen-bond donors (Lipinski definition) is 1. The Morgan fingerprint density at radius 1 is 1.30 bits per heavy atom. The van der Waals surface area contributed by atoms with Gasteiger partial charge in [-0.15, -0.1) is 0 Å². The van der Waals surface area contributed by atoms with E-state index < -0.39 is 0 Å². The monoisotopic (exact) mass is 274 g/mol. The summed E-state index contributed by atoms with van der Waals surface area (Å²) in [5.41, 5.74) is 1.37. The lowest BCUT2D eigenvalue weighted by atomic mass is 10.0. The summed E-state index contributed by atoms with van der Waals surface area (Å²) in [6.45, 7) is 4.72. The van der Waals surface area contributed by atoms with Crippen LogP contribution < -0.4 is 5.32 Å². The Morgan fingerprint density at radius 3 is 2.75 bits per heavy atom. The molecule has 0 saturated carbocycles. The second-order valence-corrected chi connectivity index (χ2v) is 5.39. The predicted octanol–water partition coefficient (Wildman–Crippen LogP) is 2.70. The van der Waals surface area contributed by atoms with Gasteiger partial charge in [0, 0.05) is 23.8 Å². The molecule has 0 aromatic heterocycles. The number of amides is 1. The van der Waals surface area contributed by atoms with Crippen molar-refractivity contribution in [3.63, 3.8) is 0 Å². The lowest BCUT2D eigenvalue weighted by molar-refractivity contribution is -0.132. The van der Waals surface area contributed by atoms with Crippen molar-refractivity contribution in [2.75, 3.05) is 18.4 Å². The van der Waals surface area contributed by atoms with Crippen LogP contribution in [0.25, 0.3) is 0 Å². The number of Topliss-reactive ketones (excluding diaryl/α,β-unsaturated/α-hetero) is 1. The van der Waals surface area contributed by atoms with Gasteiger partial charge in [-0.3, -0.25) is 9.59 Å². The summed E-state index contributed by atoms with van der Waals surface area (Å²) >= 11 is 0. The zero-order valence-electron chi connectivity index (χ0n) is 12.2. The summed E-state index contributed by atoms with van der Waals surface area (Å²) < 4.78 is 0. The summed E-state index contributed by atoms with van der Waals surface area (Å²) in [7, 11) is 0. The third kappa shape index (κ3) is 3.38. The fourth-order valence-corrected chi connectivity index (χ4v) is 2.69. The molecule has 0 spiro atoms. The average molecular weight is 274 g/mol. The topological polar surface area (TPSA) is 49.4 Å². The second-order valence-electron chi connectivity index (χ2n) is 5.39. The van der Waals surface area contributed by atoms with Gasteiger partial charge in [-0.1, -0.05) is 12.1 Å². The molecule has 1 N–H and O–H groups in total. The molecule has 0 aliphatic carbocycles. The molecule has 2 rings (SSSR count). The Balaban J connectivity index is 1.98. The normalized spacial score (nSPS) is 18.7. The highest BCUT2D eigenvalue weighted by atomic mass is 16.2. The fraction of sp³-hybridized carbons (Fsp3) is 0.500. The number of para-hydroxylation sites is 1. The second kappa shape index (κ2) is 6.55. The first-order chi connectivity index (χ1) is 9.59. The van der Waals surface area contributed by atoms with Crippen LogP contribution in [0.2, 0.25) is 0 Å². The molecule has 1 atom stereocenters. The standard InChI is InChI=1S/C16H22N2O2/c1-12-7-5-6-10-18(12)16(20)11-17-15-9-4-3-8-14(15)13(2)19/h3-4,8-9,12,17H,5-7,10-11H2,1-2H3. The number of anilines is 1. The highest BCUT2D eigenvalue weighted by Crippen LogP contribution is 2.18. The Hall–Kier alpha value is -1.84. The van der Waals surface area contributed by atoms with E-state index in [-0.39, 0.29) is 18.2 Å². The van der Waals surface area contributed by atoms with E-state index in [2.05, 4.69) is 12.2 Å². The summed E-state index contributed by atoms with van der Waals surface area (Å²) in [6, 6.07) is 7.63. The number of benzene rings is 1. The van der Waals surface area contributed by atoms with Gasteiger partial charge in [0.2, 0.25) is 5.91 Å². The van der Waals surface area contributed by atoms with E-state index >= 15 is 0 Å². The van der Waals surface area contributed by atoms with Gasteiger partial charge in [0.15, 0.2) is 5.78 Å². The van der Waals surface area contributed by atoms with Crippen molar-refractivity contribution in [2.24, 2.45) is 0 Å². The predicted molar refractivity (Wildman–Crippen MR) is 80.0 cm³/mol. The number of piperidine rings is 1. The molecule has 20 heavy (non-hydrogen) atoms. The van der Waals surface area contributed by atoms with Crippen LogP contribution in [0, 0.1) is 0 Å². The quantitative estimate of drug-likeness (QED) is 0.859. The molecule has 1 saturated heterocycles. The SMILES string of the molecule is CC(=O)c1ccccc1NCC(=O)N1CCCCC1C. The maximum atomic E-state index is 12.2.